The fourth-order valence-corrected chi connectivity index (χ4v) is 3.96. The summed E-state index contributed by atoms with van der Waals surface area (Å²) < 4.78 is 13.2. The SMILES string of the molecule is Cc1ccc(-c2csc3nc(Cl)nc(Nc4ccc(F)cc4)c23)cc1C. The lowest BCUT2D eigenvalue weighted by atomic mass is 10.0. The Bertz CT molecular complexity index is 1110. The number of aryl methyl sites for hydroxylation is 2. The van der Waals surface area contributed by atoms with Crippen molar-refractivity contribution in [3.8, 4) is 11.1 Å². The summed E-state index contributed by atoms with van der Waals surface area (Å²) in [5.74, 6) is 0.328. The molecule has 4 aromatic rings. The third-order valence-electron chi connectivity index (χ3n) is 4.33. The Balaban J connectivity index is 1.87. The summed E-state index contributed by atoms with van der Waals surface area (Å²) in [5.41, 5.74) is 5.36. The summed E-state index contributed by atoms with van der Waals surface area (Å²) >= 11 is 7.63. The van der Waals surface area contributed by atoms with Gasteiger partial charge in [0.15, 0.2) is 0 Å². The van der Waals surface area contributed by atoms with E-state index < -0.39 is 0 Å². The van der Waals surface area contributed by atoms with Crippen molar-refractivity contribution in [2.75, 3.05) is 5.32 Å². The normalized spacial score (nSPS) is 11.1. The first-order chi connectivity index (χ1) is 12.5. The van der Waals surface area contributed by atoms with Gasteiger partial charge < -0.3 is 5.32 Å². The van der Waals surface area contributed by atoms with Crippen LogP contribution in [0.25, 0.3) is 21.3 Å². The molecule has 1 N–H and O–H groups in total. The largest absolute Gasteiger partial charge is 0.340 e. The molecule has 0 radical (unpaired) electrons. The maximum absolute atomic E-state index is 13.2. The quantitative estimate of drug-likeness (QED) is 0.410. The second-order valence-corrected chi connectivity index (χ2v) is 7.30. The van der Waals surface area contributed by atoms with Crippen LogP contribution in [0.5, 0.6) is 0 Å². The van der Waals surface area contributed by atoms with Crippen molar-refractivity contribution < 1.29 is 4.39 Å². The number of anilines is 2. The van der Waals surface area contributed by atoms with Gasteiger partial charge in [0.25, 0.3) is 0 Å². The highest BCUT2D eigenvalue weighted by Crippen LogP contribution is 2.39. The minimum absolute atomic E-state index is 0.176. The second kappa shape index (κ2) is 6.67. The van der Waals surface area contributed by atoms with Gasteiger partial charge in [-0.05, 0) is 66.4 Å². The lowest BCUT2D eigenvalue weighted by Gasteiger charge is -2.10. The maximum Gasteiger partial charge on any atom is 0.225 e. The Morgan fingerprint density at radius 3 is 2.50 bits per heavy atom. The molecule has 0 saturated heterocycles. The molecule has 0 fully saturated rings. The Morgan fingerprint density at radius 2 is 1.77 bits per heavy atom. The van der Waals surface area contributed by atoms with E-state index in [4.69, 9.17) is 11.6 Å². The molecule has 2 aromatic carbocycles. The predicted octanol–water partition coefficient (Wildman–Crippen LogP) is 6.51. The maximum atomic E-state index is 13.2. The number of benzene rings is 2. The number of hydrogen-bond donors (Lipinski definition) is 1. The zero-order chi connectivity index (χ0) is 18.3. The Morgan fingerprint density at radius 1 is 1.00 bits per heavy atom. The van der Waals surface area contributed by atoms with Crippen molar-refractivity contribution in [1.29, 1.82) is 0 Å². The molecule has 0 aliphatic heterocycles. The van der Waals surface area contributed by atoms with Gasteiger partial charge in [-0.2, -0.15) is 4.98 Å². The third-order valence-corrected chi connectivity index (χ3v) is 5.37. The number of halogens is 2. The Kier molecular flexibility index (Phi) is 4.34. The highest BCUT2D eigenvalue weighted by Gasteiger charge is 2.15. The van der Waals surface area contributed by atoms with E-state index in [0.29, 0.717) is 5.82 Å². The third kappa shape index (κ3) is 3.16. The molecule has 0 aliphatic rings. The van der Waals surface area contributed by atoms with Gasteiger partial charge in [-0.25, -0.2) is 9.37 Å². The van der Waals surface area contributed by atoms with E-state index in [2.05, 4.69) is 52.7 Å². The van der Waals surface area contributed by atoms with Crippen molar-refractivity contribution >= 4 is 44.7 Å². The fourth-order valence-electron chi connectivity index (χ4n) is 2.80. The van der Waals surface area contributed by atoms with E-state index in [0.717, 1.165) is 27.0 Å². The highest BCUT2D eigenvalue weighted by molar-refractivity contribution is 7.17. The van der Waals surface area contributed by atoms with Crippen LogP contribution in [0.15, 0.2) is 47.8 Å². The van der Waals surface area contributed by atoms with Crippen LogP contribution in [-0.2, 0) is 0 Å². The van der Waals surface area contributed by atoms with E-state index in [1.807, 2.05) is 0 Å². The molecule has 0 bridgehead atoms. The highest BCUT2D eigenvalue weighted by atomic mass is 35.5. The molecular formula is C20H15ClFN3S. The second-order valence-electron chi connectivity index (χ2n) is 6.10. The molecule has 0 unspecified atom stereocenters. The van der Waals surface area contributed by atoms with E-state index >= 15 is 0 Å². The van der Waals surface area contributed by atoms with Gasteiger partial charge in [-0.15, -0.1) is 11.3 Å². The molecule has 0 saturated carbocycles. The van der Waals surface area contributed by atoms with Gasteiger partial charge in [0.05, 0.1) is 5.39 Å². The molecule has 0 aliphatic carbocycles. The molecule has 4 rings (SSSR count). The fraction of sp³-hybridized carbons (Fsp3) is 0.100. The molecular weight excluding hydrogens is 369 g/mol. The van der Waals surface area contributed by atoms with Crippen LogP contribution in [0.3, 0.4) is 0 Å². The lowest BCUT2D eigenvalue weighted by Crippen LogP contribution is -1.97. The van der Waals surface area contributed by atoms with Crippen LogP contribution >= 0.6 is 22.9 Å². The number of rotatable bonds is 3. The smallest absolute Gasteiger partial charge is 0.225 e. The number of fused-ring (bicyclic) bond motifs is 1. The van der Waals surface area contributed by atoms with Gasteiger partial charge in [0, 0.05) is 16.6 Å². The van der Waals surface area contributed by atoms with E-state index in [1.54, 1.807) is 12.1 Å². The zero-order valence-electron chi connectivity index (χ0n) is 14.2. The lowest BCUT2D eigenvalue weighted by molar-refractivity contribution is 0.628. The summed E-state index contributed by atoms with van der Waals surface area (Å²) in [5, 5.41) is 6.39. The predicted molar refractivity (Wildman–Crippen MR) is 107 cm³/mol. The van der Waals surface area contributed by atoms with Crippen LogP contribution in [0.2, 0.25) is 5.28 Å². The van der Waals surface area contributed by atoms with Gasteiger partial charge in [0.2, 0.25) is 5.28 Å². The summed E-state index contributed by atoms with van der Waals surface area (Å²) in [6, 6.07) is 12.5. The standard InChI is InChI=1S/C20H15ClFN3S/c1-11-3-4-13(9-12(11)2)16-10-26-19-17(16)18(24-20(21)25-19)23-15-7-5-14(22)6-8-15/h3-10H,1-2H3,(H,23,24,25). The van der Waals surface area contributed by atoms with Crippen LogP contribution in [0, 0.1) is 19.7 Å². The minimum atomic E-state index is -0.284. The van der Waals surface area contributed by atoms with E-state index in [9.17, 15) is 4.39 Å². The van der Waals surface area contributed by atoms with Gasteiger partial charge in [0.1, 0.15) is 16.5 Å². The molecule has 0 amide bonds. The molecule has 26 heavy (non-hydrogen) atoms. The molecule has 0 atom stereocenters. The number of nitrogens with zero attached hydrogens (tertiary/aromatic N) is 2. The van der Waals surface area contributed by atoms with Crippen molar-refractivity contribution in [3.63, 3.8) is 0 Å². The zero-order valence-corrected chi connectivity index (χ0v) is 15.7. The van der Waals surface area contributed by atoms with Gasteiger partial charge in [-0.3, -0.25) is 0 Å². The number of nitrogens with one attached hydrogen (secondary N) is 1. The van der Waals surface area contributed by atoms with Crippen molar-refractivity contribution in [3.05, 3.63) is 70.1 Å². The van der Waals surface area contributed by atoms with Crippen molar-refractivity contribution in [2.45, 2.75) is 13.8 Å². The molecule has 2 heterocycles. The molecule has 3 nitrogen and oxygen atoms in total. The topological polar surface area (TPSA) is 37.8 Å². The summed E-state index contributed by atoms with van der Waals surface area (Å²) in [4.78, 5) is 9.53. The summed E-state index contributed by atoms with van der Waals surface area (Å²) in [6.45, 7) is 4.19. The minimum Gasteiger partial charge on any atom is -0.340 e. The van der Waals surface area contributed by atoms with Crippen LogP contribution in [0.4, 0.5) is 15.9 Å². The average Bonchev–Trinajstić information content (AvgIpc) is 3.03. The summed E-state index contributed by atoms with van der Waals surface area (Å²) in [6.07, 6.45) is 0. The molecule has 130 valence electrons. The van der Waals surface area contributed by atoms with Gasteiger partial charge in [-0.1, -0.05) is 18.2 Å². The Labute approximate surface area is 159 Å². The van der Waals surface area contributed by atoms with Crippen LogP contribution in [-0.4, -0.2) is 9.97 Å². The van der Waals surface area contributed by atoms with Crippen LogP contribution in [0.1, 0.15) is 11.1 Å². The molecule has 6 heteroatoms. The Hall–Kier alpha value is -2.50. The van der Waals surface area contributed by atoms with Crippen molar-refractivity contribution in [1.82, 2.24) is 9.97 Å². The molecule has 0 spiro atoms. The molecule has 2 aromatic heterocycles. The van der Waals surface area contributed by atoms with Gasteiger partial charge >= 0.3 is 0 Å². The first-order valence-corrected chi connectivity index (χ1v) is 9.32. The van der Waals surface area contributed by atoms with E-state index in [1.165, 1.54) is 34.6 Å². The summed E-state index contributed by atoms with van der Waals surface area (Å²) in [7, 11) is 0. The first kappa shape index (κ1) is 16.9. The van der Waals surface area contributed by atoms with Crippen molar-refractivity contribution in [2.24, 2.45) is 0 Å². The van der Waals surface area contributed by atoms with Crippen LogP contribution < -0.4 is 5.32 Å². The first-order valence-electron chi connectivity index (χ1n) is 8.06. The van der Waals surface area contributed by atoms with E-state index in [-0.39, 0.29) is 11.1 Å². The number of aromatic nitrogens is 2. The number of hydrogen-bond acceptors (Lipinski definition) is 4. The number of thiophene rings is 1. The average molecular weight is 384 g/mol. The monoisotopic (exact) mass is 383 g/mol.